The first-order valence-corrected chi connectivity index (χ1v) is 9.62. The monoisotopic (exact) mass is 417 g/mol. The maximum atomic E-state index is 13.4. The van der Waals surface area contributed by atoms with Crippen LogP contribution in [0.4, 0.5) is 22.0 Å². The van der Waals surface area contributed by atoms with Gasteiger partial charge in [0.25, 0.3) is 0 Å². The molecular formula is C17H12F5N3O2S. The highest BCUT2D eigenvalue weighted by Gasteiger charge is 2.38. The van der Waals surface area contributed by atoms with Crippen molar-refractivity contribution in [3.8, 4) is 11.4 Å². The van der Waals surface area contributed by atoms with Gasteiger partial charge in [0, 0.05) is 11.8 Å². The zero-order chi connectivity index (χ0) is 20.5. The van der Waals surface area contributed by atoms with Gasteiger partial charge in [0.05, 0.1) is 21.2 Å². The Labute approximate surface area is 156 Å². The molecule has 0 bridgehead atoms. The number of alkyl halides is 3. The second-order valence-corrected chi connectivity index (χ2v) is 8.12. The molecule has 2 aromatic carbocycles. The van der Waals surface area contributed by atoms with Crippen LogP contribution in [0.25, 0.3) is 11.4 Å². The number of aromatic nitrogens is 2. The molecule has 0 aliphatic carbocycles. The van der Waals surface area contributed by atoms with Gasteiger partial charge >= 0.3 is 12.1 Å². The predicted octanol–water partition coefficient (Wildman–Crippen LogP) is 4.69. The van der Waals surface area contributed by atoms with E-state index in [1.165, 1.54) is 24.5 Å². The minimum Gasteiger partial charge on any atom is -0.329 e. The number of benzene rings is 2. The molecule has 0 N–H and O–H groups in total. The molecule has 0 spiro atoms. The Morgan fingerprint density at radius 3 is 2.50 bits per heavy atom. The van der Waals surface area contributed by atoms with Gasteiger partial charge in [-0.15, -0.1) is 0 Å². The Morgan fingerprint density at radius 1 is 1.11 bits per heavy atom. The Morgan fingerprint density at radius 2 is 1.86 bits per heavy atom. The first-order chi connectivity index (χ1) is 13.1. The molecule has 0 saturated carbocycles. The van der Waals surface area contributed by atoms with E-state index in [1.807, 2.05) is 0 Å². The molecule has 0 saturated heterocycles. The third kappa shape index (κ3) is 4.35. The zero-order valence-electron chi connectivity index (χ0n) is 14.2. The van der Waals surface area contributed by atoms with E-state index < -0.39 is 33.4 Å². The molecule has 0 fully saturated rings. The second kappa shape index (κ2) is 7.30. The maximum Gasteiger partial charge on any atom is 0.471 e. The van der Waals surface area contributed by atoms with Crippen LogP contribution in [0, 0.1) is 11.6 Å². The SMILES string of the molecule is CS(=O)(=NCc1cccc(-c2noc(C(F)(F)F)n2)c1)c1ccc(F)c(F)c1. The molecule has 1 heterocycles. The molecule has 0 amide bonds. The third-order valence-electron chi connectivity index (χ3n) is 3.68. The van der Waals surface area contributed by atoms with Gasteiger partial charge in [-0.2, -0.15) is 18.2 Å². The zero-order valence-corrected chi connectivity index (χ0v) is 15.0. The highest BCUT2D eigenvalue weighted by Crippen LogP contribution is 2.29. The van der Waals surface area contributed by atoms with Crippen LogP contribution in [0.2, 0.25) is 0 Å². The molecule has 0 aliphatic rings. The fraction of sp³-hybridized carbons (Fsp3) is 0.176. The van der Waals surface area contributed by atoms with Crippen LogP contribution in [0.3, 0.4) is 0 Å². The van der Waals surface area contributed by atoms with Crippen molar-refractivity contribution in [3.05, 3.63) is 65.6 Å². The fourth-order valence-electron chi connectivity index (χ4n) is 2.25. The van der Waals surface area contributed by atoms with E-state index in [9.17, 15) is 26.2 Å². The Hall–Kier alpha value is -2.82. The van der Waals surface area contributed by atoms with Crippen molar-refractivity contribution in [2.24, 2.45) is 4.36 Å². The molecular weight excluding hydrogens is 405 g/mol. The van der Waals surface area contributed by atoms with Gasteiger partial charge in [-0.05, 0) is 29.8 Å². The predicted molar refractivity (Wildman–Crippen MR) is 89.6 cm³/mol. The summed E-state index contributed by atoms with van der Waals surface area (Å²) in [5.74, 6) is -3.92. The van der Waals surface area contributed by atoms with Gasteiger partial charge in [0.2, 0.25) is 5.82 Å². The van der Waals surface area contributed by atoms with Crippen molar-refractivity contribution in [2.75, 3.05) is 6.26 Å². The van der Waals surface area contributed by atoms with E-state index in [2.05, 4.69) is 19.0 Å². The molecule has 3 aromatic rings. The number of hydrogen-bond donors (Lipinski definition) is 0. The molecule has 0 aliphatic heterocycles. The minimum atomic E-state index is -4.75. The van der Waals surface area contributed by atoms with Gasteiger partial charge in [-0.25, -0.2) is 17.4 Å². The number of halogens is 5. The lowest BCUT2D eigenvalue weighted by atomic mass is 10.1. The van der Waals surface area contributed by atoms with Crippen molar-refractivity contribution in [3.63, 3.8) is 0 Å². The minimum absolute atomic E-state index is 0.0236. The largest absolute Gasteiger partial charge is 0.471 e. The van der Waals surface area contributed by atoms with Crippen molar-refractivity contribution < 1.29 is 30.7 Å². The van der Waals surface area contributed by atoms with Crippen LogP contribution < -0.4 is 0 Å². The van der Waals surface area contributed by atoms with Crippen molar-refractivity contribution >= 4 is 9.73 Å². The normalized spacial score (nSPS) is 13.9. The fourth-order valence-corrected chi connectivity index (χ4v) is 3.44. The molecule has 148 valence electrons. The smallest absolute Gasteiger partial charge is 0.329 e. The van der Waals surface area contributed by atoms with Crippen LogP contribution >= 0.6 is 0 Å². The average molecular weight is 417 g/mol. The maximum absolute atomic E-state index is 13.4. The standard InChI is InChI=1S/C17H12F5N3O2S/c1-28(26,12-5-6-13(18)14(19)8-12)23-9-10-3-2-4-11(7-10)15-24-16(27-25-15)17(20,21)22/h2-8H,9H2,1H3. The molecule has 1 unspecified atom stereocenters. The number of nitrogens with zero attached hydrogens (tertiary/aromatic N) is 3. The Balaban J connectivity index is 1.86. The number of hydrogen-bond acceptors (Lipinski definition) is 5. The summed E-state index contributed by atoms with van der Waals surface area (Å²) < 4.78 is 85.0. The molecule has 3 rings (SSSR count). The summed E-state index contributed by atoms with van der Waals surface area (Å²) in [6.45, 7) is -0.0772. The van der Waals surface area contributed by atoms with Gasteiger partial charge in [0.15, 0.2) is 11.6 Å². The first-order valence-electron chi connectivity index (χ1n) is 7.69. The van der Waals surface area contributed by atoms with Crippen LogP contribution in [0.5, 0.6) is 0 Å². The van der Waals surface area contributed by atoms with Crippen LogP contribution in [-0.2, 0) is 22.5 Å². The van der Waals surface area contributed by atoms with Gasteiger partial charge in [-0.3, -0.25) is 0 Å². The van der Waals surface area contributed by atoms with E-state index in [-0.39, 0.29) is 22.8 Å². The second-order valence-electron chi connectivity index (χ2n) is 5.79. The summed E-state index contributed by atoms with van der Waals surface area (Å²) in [5, 5.41) is 3.30. The molecule has 0 radical (unpaired) electrons. The molecule has 1 atom stereocenters. The quantitative estimate of drug-likeness (QED) is 0.578. The van der Waals surface area contributed by atoms with Crippen LogP contribution in [0.1, 0.15) is 11.5 Å². The Kier molecular flexibility index (Phi) is 5.20. The summed E-state index contributed by atoms with van der Waals surface area (Å²) in [6, 6.07) is 8.95. The van der Waals surface area contributed by atoms with Crippen molar-refractivity contribution in [1.82, 2.24) is 10.1 Å². The summed E-state index contributed by atoms with van der Waals surface area (Å²) in [7, 11) is -3.02. The molecule has 5 nitrogen and oxygen atoms in total. The van der Waals surface area contributed by atoms with Crippen molar-refractivity contribution in [2.45, 2.75) is 17.6 Å². The summed E-state index contributed by atoms with van der Waals surface area (Å²) >= 11 is 0. The molecule has 28 heavy (non-hydrogen) atoms. The topological polar surface area (TPSA) is 68.3 Å². The van der Waals surface area contributed by atoms with Crippen LogP contribution in [0.15, 0.2) is 56.2 Å². The van der Waals surface area contributed by atoms with Gasteiger partial charge in [-0.1, -0.05) is 23.4 Å². The van der Waals surface area contributed by atoms with E-state index in [1.54, 1.807) is 12.1 Å². The molecule has 11 heteroatoms. The Bertz CT molecular complexity index is 1130. The average Bonchev–Trinajstić information content (AvgIpc) is 3.13. The summed E-state index contributed by atoms with van der Waals surface area (Å²) in [4.78, 5) is 3.32. The van der Waals surface area contributed by atoms with E-state index in [0.29, 0.717) is 5.56 Å². The summed E-state index contributed by atoms with van der Waals surface area (Å²) in [5.41, 5.74) is 0.760. The summed E-state index contributed by atoms with van der Waals surface area (Å²) in [6.07, 6.45) is -3.48. The van der Waals surface area contributed by atoms with E-state index in [4.69, 9.17) is 0 Å². The lowest BCUT2D eigenvalue weighted by molar-refractivity contribution is -0.159. The van der Waals surface area contributed by atoms with E-state index in [0.717, 1.165) is 12.1 Å². The van der Waals surface area contributed by atoms with E-state index >= 15 is 0 Å². The third-order valence-corrected chi connectivity index (χ3v) is 5.43. The highest BCUT2D eigenvalue weighted by molar-refractivity contribution is 7.93. The lowest BCUT2D eigenvalue weighted by Gasteiger charge is -2.06. The number of rotatable bonds is 4. The van der Waals surface area contributed by atoms with Crippen LogP contribution in [-0.4, -0.2) is 20.6 Å². The van der Waals surface area contributed by atoms with Crippen molar-refractivity contribution in [1.29, 1.82) is 0 Å². The molecule has 1 aromatic heterocycles. The highest BCUT2D eigenvalue weighted by atomic mass is 32.2. The van der Waals surface area contributed by atoms with Gasteiger partial charge < -0.3 is 4.52 Å². The van der Waals surface area contributed by atoms with Gasteiger partial charge in [0.1, 0.15) is 0 Å². The lowest BCUT2D eigenvalue weighted by Crippen LogP contribution is -2.04. The first kappa shape index (κ1) is 19.9.